The third-order valence-electron chi connectivity index (χ3n) is 2.65. The van der Waals surface area contributed by atoms with Gasteiger partial charge in [0.15, 0.2) is 0 Å². The lowest BCUT2D eigenvalue weighted by atomic mass is 10.1. The second-order valence-corrected chi connectivity index (χ2v) is 4.02. The first kappa shape index (κ1) is 15.6. The quantitative estimate of drug-likeness (QED) is 0.297. The average molecular weight is 239 g/mol. The fourth-order valence-electron chi connectivity index (χ4n) is 1.32. The van der Waals surface area contributed by atoms with Crippen molar-refractivity contribution >= 4 is 12.0 Å². The normalized spacial score (nSPS) is 14.7. The number of hydrogen-bond acceptors (Lipinski definition) is 4. The van der Waals surface area contributed by atoms with Crippen molar-refractivity contribution < 1.29 is 14.3 Å². The monoisotopic (exact) mass is 239 g/mol. The molecule has 0 amide bonds. The van der Waals surface area contributed by atoms with E-state index >= 15 is 0 Å². The molecule has 0 N–H and O–H groups in total. The van der Waals surface area contributed by atoms with Gasteiger partial charge in [0.2, 0.25) is 6.08 Å². The standard InChI is InChI=1S/C13H21NO3/c1-5-7-8-12(11(4)14-9-15)17-13(16)10(3)6-2/h6,11-12H,5,7-8H2,1-4H3/b10-6+. The van der Waals surface area contributed by atoms with Gasteiger partial charge in [-0.1, -0.05) is 19.4 Å². The Morgan fingerprint density at radius 3 is 2.65 bits per heavy atom. The highest BCUT2D eigenvalue weighted by atomic mass is 16.5. The molecule has 0 aromatic rings. The molecule has 0 fully saturated rings. The highest BCUT2D eigenvalue weighted by Gasteiger charge is 2.21. The first-order valence-corrected chi connectivity index (χ1v) is 5.97. The van der Waals surface area contributed by atoms with E-state index in [1.807, 2.05) is 0 Å². The Balaban J connectivity index is 4.58. The number of nitrogens with zero attached hydrogens (tertiary/aromatic N) is 1. The van der Waals surface area contributed by atoms with Crippen LogP contribution in [0.5, 0.6) is 0 Å². The molecule has 96 valence electrons. The second kappa shape index (κ2) is 8.71. The molecule has 0 aliphatic rings. The molecule has 17 heavy (non-hydrogen) atoms. The van der Waals surface area contributed by atoms with Gasteiger partial charge in [0.1, 0.15) is 6.10 Å². The van der Waals surface area contributed by atoms with Crippen molar-refractivity contribution in [3.8, 4) is 0 Å². The summed E-state index contributed by atoms with van der Waals surface area (Å²) >= 11 is 0. The Kier molecular flexibility index (Phi) is 7.99. The van der Waals surface area contributed by atoms with Gasteiger partial charge in [-0.15, -0.1) is 0 Å². The van der Waals surface area contributed by atoms with Crippen molar-refractivity contribution in [1.29, 1.82) is 0 Å². The molecule has 0 spiro atoms. The maximum atomic E-state index is 11.6. The molecule has 0 saturated carbocycles. The minimum absolute atomic E-state index is 0.340. The summed E-state index contributed by atoms with van der Waals surface area (Å²) in [4.78, 5) is 25.5. The SMILES string of the molecule is C/C=C(\C)C(=O)OC(CCCC)C(C)N=C=O. The number of carbonyl (C=O) groups is 1. The van der Waals surface area contributed by atoms with E-state index in [1.54, 1.807) is 26.8 Å². The van der Waals surface area contributed by atoms with Gasteiger partial charge in [0, 0.05) is 5.57 Å². The maximum Gasteiger partial charge on any atom is 0.333 e. The maximum absolute atomic E-state index is 11.6. The van der Waals surface area contributed by atoms with Gasteiger partial charge in [-0.25, -0.2) is 9.59 Å². The molecule has 0 rings (SSSR count). The molecule has 4 nitrogen and oxygen atoms in total. The first-order chi connectivity index (χ1) is 8.06. The predicted molar refractivity (Wildman–Crippen MR) is 66.4 cm³/mol. The topological polar surface area (TPSA) is 55.7 Å². The van der Waals surface area contributed by atoms with Gasteiger partial charge >= 0.3 is 5.97 Å². The van der Waals surface area contributed by atoms with Gasteiger partial charge in [-0.2, -0.15) is 4.99 Å². The second-order valence-electron chi connectivity index (χ2n) is 4.02. The van der Waals surface area contributed by atoms with E-state index in [-0.39, 0.29) is 18.1 Å². The van der Waals surface area contributed by atoms with E-state index in [2.05, 4.69) is 11.9 Å². The van der Waals surface area contributed by atoms with Gasteiger partial charge in [-0.3, -0.25) is 0 Å². The summed E-state index contributed by atoms with van der Waals surface area (Å²) in [5.74, 6) is -0.346. The summed E-state index contributed by atoms with van der Waals surface area (Å²) in [5.41, 5.74) is 0.564. The lowest BCUT2D eigenvalue weighted by Crippen LogP contribution is -2.28. The van der Waals surface area contributed by atoms with E-state index in [0.717, 1.165) is 12.8 Å². The highest BCUT2D eigenvalue weighted by molar-refractivity contribution is 5.87. The zero-order valence-electron chi connectivity index (χ0n) is 11.0. The van der Waals surface area contributed by atoms with Crippen molar-refractivity contribution in [2.75, 3.05) is 0 Å². The summed E-state index contributed by atoms with van der Waals surface area (Å²) in [5, 5.41) is 0. The van der Waals surface area contributed by atoms with Gasteiger partial charge in [0.05, 0.1) is 6.04 Å². The number of carbonyl (C=O) groups excluding carboxylic acids is 2. The molecule has 2 atom stereocenters. The summed E-state index contributed by atoms with van der Waals surface area (Å²) in [7, 11) is 0. The molecule has 4 heteroatoms. The minimum Gasteiger partial charge on any atom is -0.457 e. The van der Waals surface area contributed by atoms with Crippen LogP contribution < -0.4 is 0 Å². The van der Waals surface area contributed by atoms with E-state index in [0.29, 0.717) is 12.0 Å². The number of esters is 1. The smallest absolute Gasteiger partial charge is 0.333 e. The number of isocyanates is 1. The largest absolute Gasteiger partial charge is 0.457 e. The molecule has 0 radical (unpaired) electrons. The van der Waals surface area contributed by atoms with Gasteiger partial charge in [-0.05, 0) is 33.6 Å². The average Bonchev–Trinajstić information content (AvgIpc) is 2.33. The Bertz CT molecular complexity index is 317. The fourth-order valence-corrected chi connectivity index (χ4v) is 1.32. The summed E-state index contributed by atoms with van der Waals surface area (Å²) in [6.07, 6.45) is 5.52. The van der Waals surface area contributed by atoms with Crippen LogP contribution in [-0.4, -0.2) is 24.2 Å². The van der Waals surface area contributed by atoms with Crippen LogP contribution in [-0.2, 0) is 14.3 Å². The number of rotatable bonds is 7. The van der Waals surface area contributed by atoms with E-state index in [9.17, 15) is 9.59 Å². The summed E-state index contributed by atoms with van der Waals surface area (Å²) < 4.78 is 5.34. The Hall–Kier alpha value is -1.41. The molecule has 0 aromatic carbocycles. The Labute approximate surface area is 103 Å². The van der Waals surface area contributed by atoms with Gasteiger partial charge in [0.25, 0.3) is 0 Å². The molecule has 0 saturated heterocycles. The van der Waals surface area contributed by atoms with Crippen LogP contribution in [0.1, 0.15) is 47.0 Å². The van der Waals surface area contributed by atoms with Crippen LogP contribution in [0.25, 0.3) is 0 Å². The van der Waals surface area contributed by atoms with Crippen molar-refractivity contribution in [1.82, 2.24) is 0 Å². The van der Waals surface area contributed by atoms with Crippen molar-refractivity contribution in [2.24, 2.45) is 4.99 Å². The third-order valence-corrected chi connectivity index (χ3v) is 2.65. The molecule has 0 aliphatic carbocycles. The predicted octanol–water partition coefficient (Wildman–Crippen LogP) is 2.78. The molecule has 0 aliphatic heterocycles. The molecule has 0 aromatic heterocycles. The minimum atomic E-state index is -0.348. The number of unbranched alkanes of at least 4 members (excludes halogenated alkanes) is 1. The van der Waals surface area contributed by atoms with Crippen LogP contribution in [0.2, 0.25) is 0 Å². The fraction of sp³-hybridized carbons (Fsp3) is 0.692. The van der Waals surface area contributed by atoms with Gasteiger partial charge < -0.3 is 4.74 Å². The number of ether oxygens (including phenoxy) is 1. The third kappa shape index (κ3) is 6.03. The Morgan fingerprint density at radius 2 is 2.18 bits per heavy atom. The van der Waals surface area contributed by atoms with Crippen molar-refractivity contribution in [3.05, 3.63) is 11.6 Å². The zero-order valence-corrected chi connectivity index (χ0v) is 11.0. The first-order valence-electron chi connectivity index (χ1n) is 5.97. The van der Waals surface area contributed by atoms with E-state index in [4.69, 9.17) is 4.74 Å². The molecular weight excluding hydrogens is 218 g/mol. The molecule has 0 bridgehead atoms. The zero-order chi connectivity index (χ0) is 13.3. The lowest BCUT2D eigenvalue weighted by Gasteiger charge is -2.20. The van der Waals surface area contributed by atoms with Crippen LogP contribution in [0.3, 0.4) is 0 Å². The van der Waals surface area contributed by atoms with Crippen molar-refractivity contribution in [3.63, 3.8) is 0 Å². The number of allylic oxidation sites excluding steroid dienone is 1. The number of aliphatic imine (C=N–C) groups is 1. The number of hydrogen-bond donors (Lipinski definition) is 0. The Morgan fingerprint density at radius 1 is 1.53 bits per heavy atom. The van der Waals surface area contributed by atoms with Crippen LogP contribution >= 0.6 is 0 Å². The van der Waals surface area contributed by atoms with Crippen LogP contribution in [0.4, 0.5) is 0 Å². The van der Waals surface area contributed by atoms with Crippen LogP contribution in [0.15, 0.2) is 16.6 Å². The van der Waals surface area contributed by atoms with Crippen LogP contribution in [0, 0.1) is 0 Å². The molecule has 2 unspecified atom stereocenters. The lowest BCUT2D eigenvalue weighted by molar-refractivity contribution is -0.145. The summed E-state index contributed by atoms with van der Waals surface area (Å²) in [6.45, 7) is 7.30. The van der Waals surface area contributed by atoms with Crippen molar-refractivity contribution in [2.45, 2.75) is 59.1 Å². The highest BCUT2D eigenvalue weighted by Crippen LogP contribution is 2.13. The summed E-state index contributed by atoms with van der Waals surface area (Å²) in [6, 6.07) is -0.340. The molecule has 0 heterocycles. The van der Waals surface area contributed by atoms with E-state index < -0.39 is 0 Å². The molecular formula is C13H21NO3. The van der Waals surface area contributed by atoms with E-state index in [1.165, 1.54) is 6.08 Å².